The second kappa shape index (κ2) is 5.64. The average molecular weight is 209 g/mol. The summed E-state index contributed by atoms with van der Waals surface area (Å²) in [6.45, 7) is 0. The van der Waals surface area contributed by atoms with Gasteiger partial charge in [0.05, 0.1) is 5.02 Å². The first-order valence-corrected chi connectivity index (χ1v) is 4.87. The maximum atomic E-state index is 6.02. The normalized spacial score (nSPS) is 12.1. The van der Waals surface area contributed by atoms with Crippen molar-refractivity contribution < 1.29 is 0 Å². The first kappa shape index (κ1) is 11.0. The van der Waals surface area contributed by atoms with Crippen LogP contribution in [0.1, 0.15) is 24.4 Å². The molecule has 0 amide bonds. The van der Waals surface area contributed by atoms with Crippen LogP contribution in [0.3, 0.4) is 0 Å². The van der Waals surface area contributed by atoms with Gasteiger partial charge < -0.3 is 5.32 Å². The Balaban J connectivity index is 2.79. The molecular formula is C11H13ClN2. The molecule has 1 atom stereocenters. The first-order valence-electron chi connectivity index (χ1n) is 4.49. The summed E-state index contributed by atoms with van der Waals surface area (Å²) in [6.07, 6.45) is 10.2. The molecule has 0 aliphatic heterocycles. The monoisotopic (exact) mass is 208 g/mol. The summed E-state index contributed by atoms with van der Waals surface area (Å²) in [4.78, 5) is 3.94. The van der Waals surface area contributed by atoms with Gasteiger partial charge in [-0.05, 0) is 25.1 Å². The van der Waals surface area contributed by atoms with E-state index in [9.17, 15) is 0 Å². The fourth-order valence-electron chi connectivity index (χ4n) is 1.35. The van der Waals surface area contributed by atoms with E-state index in [1.807, 2.05) is 13.1 Å². The smallest absolute Gasteiger partial charge is 0.0637 e. The molecule has 0 aliphatic rings. The lowest BCUT2D eigenvalue weighted by Gasteiger charge is -2.16. The van der Waals surface area contributed by atoms with Crippen LogP contribution in [0.4, 0.5) is 0 Å². The minimum atomic E-state index is 0.210. The summed E-state index contributed by atoms with van der Waals surface area (Å²) in [5.41, 5.74) is 1.06. The second-order valence-corrected chi connectivity index (χ2v) is 3.39. The molecule has 1 unspecified atom stereocenters. The molecule has 14 heavy (non-hydrogen) atoms. The van der Waals surface area contributed by atoms with Crippen molar-refractivity contribution >= 4 is 11.6 Å². The molecule has 0 spiro atoms. The SMILES string of the molecule is C#CCCC(NC)c1ccncc1Cl. The molecule has 0 aliphatic carbocycles. The quantitative estimate of drug-likeness (QED) is 0.769. The molecule has 1 aromatic heterocycles. The third kappa shape index (κ3) is 2.73. The number of aromatic nitrogens is 1. The number of hydrogen-bond acceptors (Lipinski definition) is 2. The number of rotatable bonds is 4. The van der Waals surface area contributed by atoms with Crippen LogP contribution >= 0.6 is 11.6 Å². The van der Waals surface area contributed by atoms with Gasteiger partial charge >= 0.3 is 0 Å². The van der Waals surface area contributed by atoms with Crippen LogP contribution in [0.25, 0.3) is 0 Å². The molecular weight excluding hydrogens is 196 g/mol. The van der Waals surface area contributed by atoms with Gasteiger partial charge in [-0.1, -0.05) is 11.6 Å². The number of terminal acetylenes is 1. The van der Waals surface area contributed by atoms with Crippen molar-refractivity contribution in [3.63, 3.8) is 0 Å². The van der Waals surface area contributed by atoms with E-state index in [-0.39, 0.29) is 6.04 Å². The van der Waals surface area contributed by atoms with Crippen molar-refractivity contribution in [2.45, 2.75) is 18.9 Å². The topological polar surface area (TPSA) is 24.9 Å². The van der Waals surface area contributed by atoms with Crippen molar-refractivity contribution in [3.8, 4) is 12.3 Å². The highest BCUT2D eigenvalue weighted by Crippen LogP contribution is 2.24. The number of nitrogens with zero attached hydrogens (tertiary/aromatic N) is 1. The first-order chi connectivity index (χ1) is 6.79. The van der Waals surface area contributed by atoms with Gasteiger partial charge in [-0.3, -0.25) is 4.98 Å². The Kier molecular flexibility index (Phi) is 4.45. The molecule has 1 rings (SSSR count). The zero-order valence-corrected chi connectivity index (χ0v) is 8.88. The van der Waals surface area contributed by atoms with E-state index in [0.29, 0.717) is 5.02 Å². The summed E-state index contributed by atoms with van der Waals surface area (Å²) in [6, 6.07) is 2.13. The van der Waals surface area contributed by atoms with E-state index in [2.05, 4.69) is 16.2 Å². The van der Waals surface area contributed by atoms with Crippen LogP contribution in [-0.2, 0) is 0 Å². The number of nitrogens with one attached hydrogen (secondary N) is 1. The molecule has 0 saturated heterocycles. The standard InChI is InChI=1S/C11H13ClN2/c1-3-4-5-11(13-2)9-6-7-14-8-10(9)12/h1,6-8,11,13H,4-5H2,2H3. The molecule has 0 bridgehead atoms. The molecule has 0 radical (unpaired) electrons. The van der Waals surface area contributed by atoms with Gasteiger partial charge in [-0.2, -0.15) is 0 Å². The van der Waals surface area contributed by atoms with Gasteiger partial charge in [0, 0.05) is 24.9 Å². The van der Waals surface area contributed by atoms with Crippen molar-refractivity contribution in [3.05, 3.63) is 29.0 Å². The summed E-state index contributed by atoms with van der Waals surface area (Å²) >= 11 is 6.02. The largest absolute Gasteiger partial charge is 0.313 e. The van der Waals surface area contributed by atoms with Gasteiger partial charge in [0.1, 0.15) is 0 Å². The van der Waals surface area contributed by atoms with Crippen molar-refractivity contribution in [2.75, 3.05) is 7.05 Å². The molecule has 74 valence electrons. The third-order valence-corrected chi connectivity index (χ3v) is 2.42. The Morgan fingerprint density at radius 1 is 1.71 bits per heavy atom. The van der Waals surface area contributed by atoms with Gasteiger partial charge in [-0.25, -0.2) is 0 Å². The summed E-state index contributed by atoms with van der Waals surface area (Å²) in [7, 11) is 1.90. The average Bonchev–Trinajstić information content (AvgIpc) is 2.21. The Morgan fingerprint density at radius 2 is 2.50 bits per heavy atom. The van der Waals surface area contributed by atoms with E-state index in [0.717, 1.165) is 18.4 Å². The van der Waals surface area contributed by atoms with Gasteiger partial charge in [0.25, 0.3) is 0 Å². The number of pyridine rings is 1. The van der Waals surface area contributed by atoms with Crippen LogP contribution in [0.5, 0.6) is 0 Å². The van der Waals surface area contributed by atoms with Crippen LogP contribution in [-0.4, -0.2) is 12.0 Å². The highest BCUT2D eigenvalue weighted by molar-refractivity contribution is 6.31. The predicted molar refractivity (Wildman–Crippen MR) is 59.1 cm³/mol. The third-order valence-electron chi connectivity index (χ3n) is 2.11. The van der Waals surface area contributed by atoms with Gasteiger partial charge in [-0.15, -0.1) is 12.3 Å². The Labute approximate surface area is 89.7 Å². The zero-order chi connectivity index (χ0) is 10.4. The maximum absolute atomic E-state index is 6.02. The lowest BCUT2D eigenvalue weighted by atomic mass is 10.0. The van der Waals surface area contributed by atoms with E-state index >= 15 is 0 Å². The maximum Gasteiger partial charge on any atom is 0.0637 e. The van der Waals surface area contributed by atoms with Crippen LogP contribution in [0, 0.1) is 12.3 Å². The molecule has 0 aromatic carbocycles. The number of hydrogen-bond donors (Lipinski definition) is 1. The van der Waals surface area contributed by atoms with Crippen LogP contribution in [0.2, 0.25) is 5.02 Å². The van der Waals surface area contributed by atoms with E-state index < -0.39 is 0 Å². The second-order valence-electron chi connectivity index (χ2n) is 2.98. The lowest BCUT2D eigenvalue weighted by Crippen LogP contribution is -2.16. The van der Waals surface area contributed by atoms with E-state index in [1.54, 1.807) is 12.4 Å². The number of halogens is 1. The molecule has 1 aromatic rings. The minimum absolute atomic E-state index is 0.210. The fourth-order valence-corrected chi connectivity index (χ4v) is 1.60. The Morgan fingerprint density at radius 3 is 3.07 bits per heavy atom. The Hall–Kier alpha value is -1.04. The van der Waals surface area contributed by atoms with Crippen molar-refractivity contribution in [1.29, 1.82) is 0 Å². The fraction of sp³-hybridized carbons (Fsp3) is 0.364. The minimum Gasteiger partial charge on any atom is -0.313 e. The predicted octanol–water partition coefficient (Wildman–Crippen LogP) is 2.41. The zero-order valence-electron chi connectivity index (χ0n) is 8.13. The highest BCUT2D eigenvalue weighted by Gasteiger charge is 2.11. The van der Waals surface area contributed by atoms with Crippen LogP contribution < -0.4 is 5.32 Å². The molecule has 1 N–H and O–H groups in total. The lowest BCUT2D eigenvalue weighted by molar-refractivity contribution is 0.558. The van der Waals surface area contributed by atoms with E-state index in [4.69, 9.17) is 18.0 Å². The van der Waals surface area contributed by atoms with Gasteiger partial charge in [0.2, 0.25) is 0 Å². The molecule has 0 fully saturated rings. The summed E-state index contributed by atoms with van der Waals surface area (Å²) in [5, 5.41) is 3.87. The molecule has 2 nitrogen and oxygen atoms in total. The van der Waals surface area contributed by atoms with Gasteiger partial charge in [0.15, 0.2) is 0 Å². The van der Waals surface area contributed by atoms with E-state index in [1.165, 1.54) is 0 Å². The molecule has 1 heterocycles. The van der Waals surface area contributed by atoms with Crippen molar-refractivity contribution in [2.24, 2.45) is 0 Å². The van der Waals surface area contributed by atoms with Crippen LogP contribution in [0.15, 0.2) is 18.5 Å². The summed E-state index contributed by atoms with van der Waals surface area (Å²) in [5.74, 6) is 2.62. The highest BCUT2D eigenvalue weighted by atomic mass is 35.5. The molecule has 0 saturated carbocycles. The molecule has 3 heteroatoms. The van der Waals surface area contributed by atoms with Crippen molar-refractivity contribution in [1.82, 2.24) is 10.3 Å². The Bertz CT molecular complexity index is 330. The summed E-state index contributed by atoms with van der Waals surface area (Å²) < 4.78 is 0.